The van der Waals surface area contributed by atoms with Crippen LogP contribution in [0, 0.1) is 43.1 Å². The number of hydrogen-bond acceptors (Lipinski definition) is 5. The first-order valence-electron chi connectivity index (χ1n) is 11.7. The normalized spacial score (nSPS) is 25.3. The van der Waals surface area contributed by atoms with Gasteiger partial charge in [-0.2, -0.15) is 8.42 Å². The smallest absolute Gasteiger partial charge is 0.261 e. The summed E-state index contributed by atoms with van der Waals surface area (Å²) in [4.78, 5) is 4.68. The quantitative estimate of drug-likeness (QED) is 0.286. The van der Waals surface area contributed by atoms with Crippen molar-refractivity contribution in [1.82, 2.24) is 0 Å². The molecule has 0 amide bonds. The van der Waals surface area contributed by atoms with Crippen molar-refractivity contribution < 1.29 is 42.5 Å². The molecule has 8 heteroatoms. The molecule has 0 spiro atoms. The third-order valence-corrected chi connectivity index (χ3v) is 7.19. The molecular weight excluding hydrogens is 655 g/mol. The predicted molar refractivity (Wildman–Crippen MR) is 144 cm³/mol. The van der Waals surface area contributed by atoms with Gasteiger partial charge in [0.2, 0.25) is 0 Å². The summed E-state index contributed by atoms with van der Waals surface area (Å²) < 4.78 is 36.6. The van der Waals surface area contributed by atoms with E-state index in [1.165, 1.54) is 0 Å². The van der Waals surface area contributed by atoms with E-state index in [2.05, 4.69) is 45.7 Å². The Labute approximate surface area is 232 Å². The molecule has 0 saturated heterocycles. The molecule has 1 N–H and O–H groups in total. The van der Waals surface area contributed by atoms with Gasteiger partial charge >= 0.3 is 0 Å². The molecule has 1 fully saturated rings. The summed E-state index contributed by atoms with van der Waals surface area (Å²) in [5.41, 5.74) is 2.90. The van der Waals surface area contributed by atoms with Crippen LogP contribution in [0.3, 0.4) is 0 Å². The van der Waals surface area contributed by atoms with Crippen LogP contribution >= 0.6 is 0 Å². The van der Waals surface area contributed by atoms with Gasteiger partial charge in [0.1, 0.15) is 5.75 Å². The van der Waals surface area contributed by atoms with E-state index < -0.39 is 10.1 Å². The number of benzene rings is 2. The molecule has 2 aromatic carbocycles. The Morgan fingerprint density at radius 3 is 1.89 bits per heavy atom. The Balaban J connectivity index is 0.000000612. The van der Waals surface area contributed by atoms with Crippen molar-refractivity contribution in [3.63, 3.8) is 0 Å². The van der Waals surface area contributed by atoms with Gasteiger partial charge in [0.05, 0.1) is 25.7 Å². The van der Waals surface area contributed by atoms with Crippen LogP contribution in [0.5, 0.6) is 11.5 Å². The maximum Gasteiger partial charge on any atom is 0.261 e. The fraction of sp³-hybridized carbons (Fsp3) is 0.500. The number of nitrogens with zero attached hydrogens (tertiary/aromatic N) is 1. The Kier molecular flexibility index (Phi) is 14.8. The molecule has 1 saturated carbocycles. The Bertz CT molecular complexity index is 1000. The van der Waals surface area contributed by atoms with Gasteiger partial charge in [-0.15, -0.1) is 24.3 Å². The zero-order valence-corrected chi connectivity index (χ0v) is 25.8. The summed E-state index contributed by atoms with van der Waals surface area (Å²) in [6, 6.07) is 16.7. The molecule has 6 nitrogen and oxygen atoms in total. The minimum atomic E-state index is -3.67. The van der Waals surface area contributed by atoms with Crippen LogP contribution in [0.2, 0.25) is 0 Å². The van der Waals surface area contributed by atoms with E-state index in [0.717, 1.165) is 64.5 Å². The van der Waals surface area contributed by atoms with Crippen molar-refractivity contribution >= 4 is 21.5 Å². The third kappa shape index (κ3) is 10.3. The molecular formula is C28H41IrNO5S-2. The van der Waals surface area contributed by atoms with Crippen LogP contribution in [-0.4, -0.2) is 38.7 Å². The van der Waals surface area contributed by atoms with Crippen LogP contribution in [0.25, 0.3) is 0 Å². The second-order valence-corrected chi connectivity index (χ2v) is 10.8. The van der Waals surface area contributed by atoms with Gasteiger partial charge in [0.15, 0.2) is 0 Å². The van der Waals surface area contributed by atoms with Gasteiger partial charge < -0.3 is 21.9 Å². The van der Waals surface area contributed by atoms with Gasteiger partial charge in [-0.05, 0) is 66.0 Å². The first-order chi connectivity index (χ1) is 15.9. The number of ether oxygens (including phenoxy) is 2. The van der Waals surface area contributed by atoms with Gasteiger partial charge in [0.25, 0.3) is 10.1 Å². The standard InChI is InChI=1S/C16H14NO2.C10H20.CH4O3S.CH3.Ir/c1-18-13-8-6-12(7-9-13)17-15-10-11-19-16-5-3-2-4-14(15)16;1-6-7(2)9(4)10(5)8(6)3;1-5(2,3)4;;/h2-3,5-9H,10-11H2,1H3;6-10H,1-5H3;1H3,(H,2,3,4);1H3;/q-1;;;-1;. The first kappa shape index (κ1) is 34.3. The summed E-state index contributed by atoms with van der Waals surface area (Å²) >= 11 is 0. The van der Waals surface area contributed by atoms with Crippen LogP contribution in [0.4, 0.5) is 5.69 Å². The minimum absolute atomic E-state index is 0. The molecule has 2 aromatic rings. The van der Waals surface area contributed by atoms with Crippen molar-refractivity contribution in [3.8, 4) is 11.5 Å². The van der Waals surface area contributed by atoms with Gasteiger partial charge in [-0.3, -0.25) is 4.55 Å². The fourth-order valence-electron chi connectivity index (χ4n) is 4.47. The zero-order valence-electron chi connectivity index (χ0n) is 22.6. The Morgan fingerprint density at radius 1 is 0.972 bits per heavy atom. The van der Waals surface area contributed by atoms with Gasteiger partial charge in [-0.25, -0.2) is 0 Å². The monoisotopic (exact) mass is 696 g/mol. The molecule has 2 aliphatic rings. The molecule has 1 radical (unpaired) electrons. The summed E-state index contributed by atoms with van der Waals surface area (Å²) in [6.45, 7) is 12.7. The summed E-state index contributed by atoms with van der Waals surface area (Å²) in [5, 5.41) is 0. The molecule has 0 aromatic heterocycles. The average molecular weight is 696 g/mol. The third-order valence-electron chi connectivity index (χ3n) is 7.19. The molecule has 0 atom stereocenters. The second-order valence-electron chi connectivity index (χ2n) is 9.29. The maximum absolute atomic E-state index is 9.19. The zero-order chi connectivity index (χ0) is 25.5. The van der Waals surface area contributed by atoms with E-state index in [1.807, 2.05) is 42.5 Å². The minimum Gasteiger partial charge on any atom is -0.537 e. The number of fused-ring (bicyclic) bond motifs is 1. The largest absolute Gasteiger partial charge is 0.537 e. The average Bonchev–Trinajstić information content (AvgIpc) is 2.97. The van der Waals surface area contributed by atoms with Crippen molar-refractivity contribution in [2.45, 2.75) is 41.0 Å². The number of hydrogen-bond donors (Lipinski definition) is 1. The number of methoxy groups -OCH3 is 1. The molecule has 1 aliphatic carbocycles. The molecule has 36 heavy (non-hydrogen) atoms. The molecule has 1 heterocycles. The van der Waals surface area contributed by atoms with E-state index >= 15 is 0 Å². The summed E-state index contributed by atoms with van der Waals surface area (Å²) in [6.07, 6.45) is 1.52. The predicted octanol–water partition coefficient (Wildman–Crippen LogP) is 6.53. The maximum atomic E-state index is 9.19. The van der Waals surface area contributed by atoms with Crippen LogP contribution in [0.1, 0.15) is 46.6 Å². The molecule has 0 unspecified atom stereocenters. The summed E-state index contributed by atoms with van der Waals surface area (Å²) in [5.74, 6) is 6.37. The Hall–Kier alpha value is -1.73. The van der Waals surface area contributed by atoms with Crippen molar-refractivity contribution in [1.29, 1.82) is 0 Å². The van der Waals surface area contributed by atoms with Gasteiger partial charge in [0, 0.05) is 25.9 Å². The van der Waals surface area contributed by atoms with Crippen molar-refractivity contribution in [3.05, 3.63) is 61.5 Å². The van der Waals surface area contributed by atoms with Crippen LogP contribution < -0.4 is 9.47 Å². The first-order valence-corrected chi connectivity index (χ1v) is 13.5. The van der Waals surface area contributed by atoms with Gasteiger partial charge in [-0.1, -0.05) is 40.2 Å². The number of aliphatic imine (C=N–C) groups is 1. The molecule has 4 rings (SSSR count). The molecule has 1 aliphatic heterocycles. The fourth-order valence-corrected chi connectivity index (χ4v) is 4.47. The summed E-state index contributed by atoms with van der Waals surface area (Å²) in [7, 11) is -2.01. The van der Waals surface area contributed by atoms with E-state index in [4.69, 9.17) is 14.0 Å². The van der Waals surface area contributed by atoms with E-state index in [0.29, 0.717) is 12.9 Å². The van der Waals surface area contributed by atoms with E-state index in [1.54, 1.807) is 7.11 Å². The van der Waals surface area contributed by atoms with Crippen LogP contribution in [0.15, 0.2) is 47.5 Å². The van der Waals surface area contributed by atoms with Crippen LogP contribution in [-0.2, 0) is 30.2 Å². The van der Waals surface area contributed by atoms with E-state index in [9.17, 15) is 8.42 Å². The number of rotatable bonds is 2. The Morgan fingerprint density at radius 2 is 1.44 bits per heavy atom. The second kappa shape index (κ2) is 15.5. The van der Waals surface area contributed by atoms with E-state index in [-0.39, 0.29) is 27.5 Å². The molecule has 0 bridgehead atoms. The van der Waals surface area contributed by atoms with Crippen molar-refractivity contribution in [2.24, 2.45) is 34.6 Å². The SMILES string of the molecule is CC1C(C)C(C)C(C)C1C.COc1ccc(N=C2CCOc3ccc[c-]c32)cc1.CS(=O)(=O)O.[CH3-].[Ir]. The molecule has 205 valence electrons. The topological polar surface area (TPSA) is 85.2 Å². The van der Waals surface area contributed by atoms with Crippen molar-refractivity contribution in [2.75, 3.05) is 20.0 Å².